The molecule has 0 aliphatic carbocycles. The first-order valence-corrected chi connectivity index (χ1v) is 6.88. The molecule has 3 rings (SSSR count). The fourth-order valence-corrected chi connectivity index (χ4v) is 2.80. The van der Waals surface area contributed by atoms with Crippen LogP contribution in [0.2, 0.25) is 0 Å². The average Bonchev–Trinajstić information content (AvgIpc) is 2.98. The van der Waals surface area contributed by atoms with E-state index in [1.54, 1.807) is 6.33 Å². The highest BCUT2D eigenvalue weighted by atomic mass is 16.2. The molecular formula is C16H19N3O. The van der Waals surface area contributed by atoms with Crippen molar-refractivity contribution in [3.05, 3.63) is 41.9 Å². The molecule has 1 aliphatic rings. The van der Waals surface area contributed by atoms with E-state index in [9.17, 15) is 4.79 Å². The predicted octanol–water partition coefficient (Wildman–Crippen LogP) is 2.17. The molecule has 0 radical (unpaired) electrons. The minimum atomic E-state index is -0.419. The van der Waals surface area contributed by atoms with E-state index in [1.807, 2.05) is 24.7 Å². The second-order valence-corrected chi connectivity index (χ2v) is 5.79. The molecule has 1 N–H and O–H groups in total. The summed E-state index contributed by atoms with van der Waals surface area (Å²) in [4.78, 5) is 16.5. The number of hydrogen-bond donors (Lipinski definition) is 1. The van der Waals surface area contributed by atoms with Crippen molar-refractivity contribution in [2.24, 2.45) is 7.05 Å². The number of rotatable bonds is 2. The maximum atomic E-state index is 12.1. The van der Waals surface area contributed by atoms with E-state index < -0.39 is 5.41 Å². The smallest absolute Gasteiger partial charge is 0.230 e. The van der Waals surface area contributed by atoms with Gasteiger partial charge >= 0.3 is 0 Å². The number of aryl methyl sites for hydroxylation is 2. The van der Waals surface area contributed by atoms with E-state index in [1.165, 1.54) is 5.56 Å². The van der Waals surface area contributed by atoms with E-state index in [2.05, 4.69) is 35.4 Å². The van der Waals surface area contributed by atoms with Gasteiger partial charge in [-0.05, 0) is 37.5 Å². The number of imidazole rings is 1. The molecule has 1 aliphatic heterocycles. The molecule has 4 heteroatoms. The van der Waals surface area contributed by atoms with Gasteiger partial charge in [0.05, 0.1) is 17.4 Å². The second kappa shape index (κ2) is 4.47. The van der Waals surface area contributed by atoms with Gasteiger partial charge in [-0.3, -0.25) is 4.79 Å². The number of nitrogens with zero attached hydrogens (tertiary/aromatic N) is 2. The molecule has 0 saturated carbocycles. The summed E-state index contributed by atoms with van der Waals surface area (Å²) < 4.78 is 1.94. The fraction of sp³-hybridized carbons (Fsp3) is 0.375. The van der Waals surface area contributed by atoms with Gasteiger partial charge in [-0.15, -0.1) is 0 Å². The molecule has 2 aromatic rings. The summed E-state index contributed by atoms with van der Waals surface area (Å²) in [6.45, 7) is 4.84. The number of carbonyl (C=O) groups is 1. The van der Waals surface area contributed by atoms with Crippen molar-refractivity contribution < 1.29 is 4.79 Å². The van der Waals surface area contributed by atoms with Crippen LogP contribution in [0.1, 0.15) is 24.5 Å². The molecule has 1 saturated heterocycles. The lowest BCUT2D eigenvalue weighted by Crippen LogP contribution is -2.32. The maximum absolute atomic E-state index is 12.1. The van der Waals surface area contributed by atoms with Crippen LogP contribution in [0.4, 0.5) is 0 Å². The highest BCUT2D eigenvalue weighted by Gasteiger charge is 2.39. The lowest BCUT2D eigenvalue weighted by molar-refractivity contribution is -0.123. The first kappa shape index (κ1) is 12.9. The molecule has 2 heterocycles. The van der Waals surface area contributed by atoms with E-state index in [-0.39, 0.29) is 5.91 Å². The highest BCUT2D eigenvalue weighted by molar-refractivity contribution is 5.90. The van der Waals surface area contributed by atoms with Crippen LogP contribution in [0.3, 0.4) is 0 Å². The Morgan fingerprint density at radius 2 is 2.20 bits per heavy atom. The highest BCUT2D eigenvalue weighted by Crippen LogP contribution is 2.34. The third-order valence-corrected chi connectivity index (χ3v) is 4.27. The predicted molar refractivity (Wildman–Crippen MR) is 78.4 cm³/mol. The van der Waals surface area contributed by atoms with Crippen LogP contribution in [-0.4, -0.2) is 22.0 Å². The van der Waals surface area contributed by atoms with Gasteiger partial charge < -0.3 is 9.88 Å². The zero-order valence-electron chi connectivity index (χ0n) is 12.1. The van der Waals surface area contributed by atoms with Gasteiger partial charge in [0.1, 0.15) is 0 Å². The monoisotopic (exact) mass is 269 g/mol. The standard InChI is InChI=1S/C16H19N3O/c1-11-4-5-12(16(2)6-7-17-15(16)20)8-13(11)14-9-19(3)10-18-14/h4-5,8-10H,6-7H2,1-3H3,(H,17,20)/t16-/m1/s1. The normalized spacial score (nSPS) is 22.1. The zero-order valence-corrected chi connectivity index (χ0v) is 12.1. The first-order valence-electron chi connectivity index (χ1n) is 6.88. The largest absolute Gasteiger partial charge is 0.355 e. The molecule has 0 spiro atoms. The van der Waals surface area contributed by atoms with Crippen molar-refractivity contribution in [3.8, 4) is 11.3 Å². The van der Waals surface area contributed by atoms with E-state index in [0.29, 0.717) is 0 Å². The number of nitrogens with one attached hydrogen (secondary N) is 1. The van der Waals surface area contributed by atoms with E-state index in [4.69, 9.17) is 0 Å². The Morgan fingerprint density at radius 3 is 2.80 bits per heavy atom. The van der Waals surface area contributed by atoms with Crippen molar-refractivity contribution in [1.29, 1.82) is 0 Å². The van der Waals surface area contributed by atoms with Crippen molar-refractivity contribution in [3.63, 3.8) is 0 Å². The van der Waals surface area contributed by atoms with Gasteiger partial charge in [-0.2, -0.15) is 0 Å². The van der Waals surface area contributed by atoms with E-state index in [0.717, 1.165) is 29.8 Å². The maximum Gasteiger partial charge on any atom is 0.230 e. The van der Waals surface area contributed by atoms with Gasteiger partial charge in [-0.1, -0.05) is 12.1 Å². The van der Waals surface area contributed by atoms with Crippen molar-refractivity contribution in [2.75, 3.05) is 6.54 Å². The van der Waals surface area contributed by atoms with Crippen molar-refractivity contribution in [1.82, 2.24) is 14.9 Å². The molecule has 0 bridgehead atoms. The molecule has 0 unspecified atom stereocenters. The minimum Gasteiger partial charge on any atom is -0.355 e. The zero-order chi connectivity index (χ0) is 14.3. The first-order chi connectivity index (χ1) is 9.50. The van der Waals surface area contributed by atoms with Gasteiger partial charge in [-0.25, -0.2) is 4.98 Å². The van der Waals surface area contributed by atoms with Crippen LogP contribution < -0.4 is 5.32 Å². The van der Waals surface area contributed by atoms with E-state index >= 15 is 0 Å². The van der Waals surface area contributed by atoms with Gasteiger partial charge in [0.2, 0.25) is 5.91 Å². The SMILES string of the molecule is Cc1ccc([C@@]2(C)CCNC2=O)cc1-c1cn(C)cn1. The number of aromatic nitrogens is 2. The van der Waals surface area contributed by atoms with Crippen molar-refractivity contribution in [2.45, 2.75) is 25.7 Å². The summed E-state index contributed by atoms with van der Waals surface area (Å²) in [5, 5.41) is 2.93. The molecule has 1 atom stereocenters. The topological polar surface area (TPSA) is 46.9 Å². The molecule has 20 heavy (non-hydrogen) atoms. The molecule has 104 valence electrons. The van der Waals surface area contributed by atoms with Crippen LogP contribution >= 0.6 is 0 Å². The molecule has 1 aromatic heterocycles. The van der Waals surface area contributed by atoms with Gasteiger partial charge in [0.25, 0.3) is 0 Å². The summed E-state index contributed by atoms with van der Waals surface area (Å²) >= 11 is 0. The Bertz CT molecular complexity index is 674. The second-order valence-electron chi connectivity index (χ2n) is 5.79. The van der Waals surface area contributed by atoms with Crippen LogP contribution in [0.15, 0.2) is 30.7 Å². The molecule has 4 nitrogen and oxygen atoms in total. The Labute approximate surface area is 118 Å². The molecular weight excluding hydrogens is 250 g/mol. The molecule has 1 aromatic carbocycles. The third-order valence-electron chi connectivity index (χ3n) is 4.27. The Hall–Kier alpha value is -2.10. The summed E-state index contributed by atoms with van der Waals surface area (Å²) in [6, 6.07) is 6.26. The Morgan fingerprint density at radius 1 is 1.40 bits per heavy atom. The molecule has 1 fully saturated rings. The Balaban J connectivity index is 2.09. The van der Waals surface area contributed by atoms with Crippen LogP contribution in [0, 0.1) is 6.92 Å². The number of amides is 1. The van der Waals surface area contributed by atoms with Gasteiger partial charge in [0.15, 0.2) is 0 Å². The van der Waals surface area contributed by atoms with Crippen LogP contribution in [-0.2, 0) is 17.3 Å². The lowest BCUT2D eigenvalue weighted by atomic mass is 9.80. The van der Waals surface area contributed by atoms with Gasteiger partial charge in [0, 0.05) is 25.4 Å². The number of benzene rings is 1. The lowest BCUT2D eigenvalue weighted by Gasteiger charge is -2.22. The average molecular weight is 269 g/mol. The summed E-state index contributed by atoms with van der Waals surface area (Å²) in [6.07, 6.45) is 4.64. The van der Waals surface area contributed by atoms with Crippen molar-refractivity contribution >= 4 is 5.91 Å². The quantitative estimate of drug-likeness (QED) is 0.908. The number of carbonyl (C=O) groups excluding carboxylic acids is 1. The summed E-state index contributed by atoms with van der Waals surface area (Å²) in [5.74, 6) is 0.119. The number of hydrogen-bond acceptors (Lipinski definition) is 2. The minimum absolute atomic E-state index is 0.119. The molecule has 1 amide bonds. The third kappa shape index (κ3) is 1.92. The van der Waals surface area contributed by atoms with Crippen LogP contribution in [0.5, 0.6) is 0 Å². The summed E-state index contributed by atoms with van der Waals surface area (Å²) in [7, 11) is 1.96. The fourth-order valence-electron chi connectivity index (χ4n) is 2.80. The Kier molecular flexibility index (Phi) is 2.89. The summed E-state index contributed by atoms with van der Waals surface area (Å²) in [5.41, 5.74) is 3.88. The van der Waals surface area contributed by atoms with Crippen LogP contribution in [0.25, 0.3) is 11.3 Å².